The number of hydrogen-bond acceptors (Lipinski definition) is 9. The van der Waals surface area contributed by atoms with Crippen molar-refractivity contribution in [3.63, 3.8) is 0 Å². The van der Waals surface area contributed by atoms with Gasteiger partial charge in [-0.25, -0.2) is 9.97 Å². The van der Waals surface area contributed by atoms with Crippen LogP contribution in [0.3, 0.4) is 0 Å². The molecule has 11 heteroatoms. The van der Waals surface area contributed by atoms with Crippen LogP contribution < -0.4 is 16.5 Å². The van der Waals surface area contributed by atoms with Crippen LogP contribution in [0.2, 0.25) is 0 Å². The summed E-state index contributed by atoms with van der Waals surface area (Å²) < 4.78 is 26.0. The minimum Gasteiger partial charge on any atom is -0.431 e. The quantitative estimate of drug-likeness (QED) is 0.504. The Balaban J connectivity index is 1.85. The molecular weight excluding hydrogens is 384 g/mol. The van der Waals surface area contributed by atoms with Gasteiger partial charge in [0.1, 0.15) is 0 Å². The molecule has 1 aromatic heterocycles. The molecular formula is C17H22N6O4S. The van der Waals surface area contributed by atoms with E-state index in [4.69, 9.17) is 10.5 Å². The summed E-state index contributed by atoms with van der Waals surface area (Å²) in [6.45, 7) is 4.87. The second kappa shape index (κ2) is 7.62. The molecule has 0 aliphatic carbocycles. The molecule has 28 heavy (non-hydrogen) atoms. The minimum atomic E-state index is -2.86. The third-order valence-corrected chi connectivity index (χ3v) is 6.29. The van der Waals surface area contributed by atoms with Crippen LogP contribution in [0.15, 0.2) is 40.5 Å². The van der Waals surface area contributed by atoms with Crippen LogP contribution in [0.1, 0.15) is 26.5 Å². The zero-order valence-electron chi connectivity index (χ0n) is 15.6. The number of nitrogens with one attached hydrogen (secondary N) is 2. The Kier molecular flexibility index (Phi) is 5.40. The number of hydrogen-bond donors (Lipinski definition) is 5. The molecule has 3 rings (SSSR count). The third-order valence-electron chi connectivity index (χ3n) is 4.00. The molecule has 1 unspecified atom stereocenters. The maximum atomic E-state index is 11.1. The largest absolute Gasteiger partial charge is 0.431 e. The van der Waals surface area contributed by atoms with Crippen molar-refractivity contribution in [1.82, 2.24) is 20.7 Å². The van der Waals surface area contributed by atoms with E-state index in [0.29, 0.717) is 16.2 Å². The predicted molar refractivity (Wildman–Crippen MR) is 106 cm³/mol. The molecule has 1 aliphatic rings. The number of benzene rings is 1. The van der Waals surface area contributed by atoms with Crippen molar-refractivity contribution in [3.05, 3.63) is 36.2 Å². The molecule has 150 valence electrons. The number of nitrogens with zero attached hydrogens (tertiary/aromatic N) is 3. The maximum absolute atomic E-state index is 11.1. The van der Waals surface area contributed by atoms with Crippen molar-refractivity contribution >= 4 is 28.2 Å². The summed E-state index contributed by atoms with van der Waals surface area (Å²) in [6.07, 6.45) is 0.695. The normalized spacial score (nSPS) is 16.9. The number of hydrazone groups is 1. The molecule has 1 aromatic carbocycles. The monoisotopic (exact) mass is 406 g/mol. The Labute approximate surface area is 163 Å². The van der Waals surface area contributed by atoms with Gasteiger partial charge in [-0.1, -0.05) is 12.1 Å². The Morgan fingerprint density at radius 3 is 2.61 bits per heavy atom. The van der Waals surface area contributed by atoms with Crippen molar-refractivity contribution in [3.8, 4) is 11.3 Å². The Morgan fingerprint density at radius 1 is 1.32 bits per heavy atom. The van der Waals surface area contributed by atoms with Crippen LogP contribution in [0, 0.1) is 0 Å². The number of nitrogen functional groups attached to an aromatic ring is 1. The standard InChI is InChI=1S/C17H22N6O4S/c1-9(2)28(25,26)12-6-4-11(5-7-12)13-8-19-15(18)14(21-13)16-22-23-17(27-16)20-10(3)24/h4-9,17,23,25-26H,1-3H3,(H2,18,19)(H,20,24). The van der Waals surface area contributed by atoms with Gasteiger partial charge in [0, 0.05) is 17.7 Å². The van der Waals surface area contributed by atoms with E-state index in [1.54, 1.807) is 38.1 Å². The zero-order valence-corrected chi connectivity index (χ0v) is 16.4. The van der Waals surface area contributed by atoms with Gasteiger partial charge >= 0.3 is 0 Å². The van der Waals surface area contributed by atoms with E-state index < -0.39 is 16.9 Å². The van der Waals surface area contributed by atoms with Crippen LogP contribution in [0.4, 0.5) is 5.82 Å². The lowest BCUT2D eigenvalue weighted by molar-refractivity contribution is -0.121. The van der Waals surface area contributed by atoms with Crippen molar-refractivity contribution < 1.29 is 18.6 Å². The van der Waals surface area contributed by atoms with Gasteiger partial charge in [-0.3, -0.25) is 19.3 Å². The fourth-order valence-corrected chi connectivity index (χ4v) is 3.51. The molecule has 0 fully saturated rings. The van der Waals surface area contributed by atoms with E-state index >= 15 is 0 Å². The lowest BCUT2D eigenvalue weighted by atomic mass is 10.1. The third kappa shape index (κ3) is 4.01. The van der Waals surface area contributed by atoms with Gasteiger partial charge in [0.05, 0.1) is 16.8 Å². The highest BCUT2D eigenvalue weighted by atomic mass is 32.3. The molecule has 0 saturated heterocycles. The van der Waals surface area contributed by atoms with Gasteiger partial charge in [0.2, 0.25) is 5.91 Å². The molecule has 1 aliphatic heterocycles. The number of nitrogens with two attached hydrogens (primary N) is 1. The molecule has 2 heterocycles. The molecule has 10 nitrogen and oxygen atoms in total. The van der Waals surface area contributed by atoms with E-state index in [0.717, 1.165) is 0 Å². The first kappa shape index (κ1) is 19.9. The van der Waals surface area contributed by atoms with Crippen LogP contribution in [0.5, 0.6) is 0 Å². The SMILES string of the molecule is CC(=O)NC1NN=C(c2nc(-c3ccc(S(O)(O)C(C)C)cc3)cnc2N)O1. The highest BCUT2D eigenvalue weighted by molar-refractivity contribution is 8.24. The van der Waals surface area contributed by atoms with Crippen LogP contribution in [0.25, 0.3) is 11.3 Å². The van der Waals surface area contributed by atoms with Crippen LogP contribution in [-0.4, -0.2) is 42.5 Å². The molecule has 2 aromatic rings. The fraction of sp³-hybridized carbons (Fsp3) is 0.294. The topological polar surface area (TPSA) is 155 Å². The van der Waals surface area contributed by atoms with Crippen molar-refractivity contribution in [1.29, 1.82) is 0 Å². The van der Waals surface area contributed by atoms with Crippen LogP contribution in [-0.2, 0) is 9.53 Å². The number of rotatable bonds is 5. The summed E-state index contributed by atoms with van der Waals surface area (Å²) in [5, 5.41) is 6.21. The average Bonchev–Trinajstić information content (AvgIpc) is 3.09. The zero-order chi connectivity index (χ0) is 20.5. The number of carbonyl (C=O) groups excluding carboxylic acids is 1. The number of aromatic nitrogens is 2. The number of amides is 1. The van der Waals surface area contributed by atoms with Gasteiger partial charge < -0.3 is 15.8 Å². The lowest BCUT2D eigenvalue weighted by Gasteiger charge is -2.36. The minimum absolute atomic E-state index is 0.108. The van der Waals surface area contributed by atoms with Gasteiger partial charge in [0.15, 0.2) is 11.5 Å². The highest BCUT2D eigenvalue weighted by Gasteiger charge is 2.25. The second-order valence-corrected chi connectivity index (χ2v) is 9.00. The number of anilines is 1. The molecule has 1 atom stereocenters. The van der Waals surface area contributed by atoms with Crippen molar-refractivity contribution in [2.45, 2.75) is 37.3 Å². The highest BCUT2D eigenvalue weighted by Crippen LogP contribution is 2.52. The smallest absolute Gasteiger partial charge is 0.267 e. The molecule has 0 saturated carbocycles. The summed E-state index contributed by atoms with van der Waals surface area (Å²) in [4.78, 5) is 20.2. The molecule has 6 N–H and O–H groups in total. The first-order valence-electron chi connectivity index (χ1n) is 8.46. The van der Waals surface area contributed by atoms with Gasteiger partial charge in [-0.2, -0.15) is 10.6 Å². The van der Waals surface area contributed by atoms with Gasteiger partial charge in [-0.05, 0) is 26.0 Å². The predicted octanol–water partition coefficient (Wildman–Crippen LogP) is 1.94. The summed E-state index contributed by atoms with van der Waals surface area (Å²) in [5.74, 6) is -0.0520. The summed E-state index contributed by atoms with van der Waals surface area (Å²) in [7, 11) is -2.86. The van der Waals surface area contributed by atoms with Crippen molar-refractivity contribution in [2.24, 2.45) is 5.10 Å². The van der Waals surface area contributed by atoms with Crippen molar-refractivity contribution in [2.75, 3.05) is 5.73 Å². The summed E-state index contributed by atoms with van der Waals surface area (Å²) in [6, 6.07) is 6.76. The summed E-state index contributed by atoms with van der Waals surface area (Å²) >= 11 is 0. The molecule has 1 amide bonds. The first-order valence-corrected chi connectivity index (χ1v) is 10.1. The fourth-order valence-electron chi connectivity index (χ4n) is 2.43. The molecule has 0 spiro atoms. The second-order valence-electron chi connectivity index (χ2n) is 6.40. The lowest BCUT2D eigenvalue weighted by Crippen LogP contribution is -2.41. The first-order chi connectivity index (χ1) is 13.2. The average molecular weight is 406 g/mol. The van der Waals surface area contributed by atoms with Gasteiger partial charge in [-0.15, -0.1) is 5.10 Å². The Morgan fingerprint density at radius 2 is 2.00 bits per heavy atom. The number of carbonyl (C=O) groups is 1. The van der Waals surface area contributed by atoms with E-state index in [9.17, 15) is 13.9 Å². The Bertz CT molecular complexity index is 916. The molecule has 0 radical (unpaired) electrons. The van der Waals surface area contributed by atoms with E-state index in [1.807, 2.05) is 0 Å². The van der Waals surface area contributed by atoms with E-state index in [1.165, 1.54) is 13.1 Å². The van der Waals surface area contributed by atoms with E-state index in [2.05, 4.69) is 25.8 Å². The Hall–Kier alpha value is -2.89. The van der Waals surface area contributed by atoms with Gasteiger partial charge in [0.25, 0.3) is 12.2 Å². The van der Waals surface area contributed by atoms with E-state index in [-0.39, 0.29) is 28.6 Å². The number of ether oxygens (including phenoxy) is 1. The molecule has 0 bridgehead atoms. The summed E-state index contributed by atoms with van der Waals surface area (Å²) in [5.41, 5.74) is 9.96. The van der Waals surface area contributed by atoms with Crippen LogP contribution >= 0.6 is 10.6 Å². The maximum Gasteiger partial charge on any atom is 0.267 e.